The molecule has 2 aliphatic rings. The first-order valence-electron chi connectivity index (χ1n) is 8.48. The van der Waals surface area contributed by atoms with Crippen LogP contribution >= 0.6 is 0 Å². The molecule has 1 N–H and O–H groups in total. The Labute approximate surface area is 140 Å². The van der Waals surface area contributed by atoms with Crippen LogP contribution < -0.4 is 9.47 Å². The minimum Gasteiger partial charge on any atom is -0.486 e. The number of nitrogens with zero attached hydrogens (tertiary/aromatic N) is 2. The van der Waals surface area contributed by atoms with Gasteiger partial charge in [-0.25, -0.2) is 0 Å². The molecule has 6 nitrogen and oxygen atoms in total. The van der Waals surface area contributed by atoms with Crippen LogP contribution in [0, 0.1) is 0 Å². The van der Waals surface area contributed by atoms with Gasteiger partial charge < -0.3 is 14.4 Å². The van der Waals surface area contributed by atoms with Gasteiger partial charge in [0, 0.05) is 24.6 Å². The van der Waals surface area contributed by atoms with Crippen molar-refractivity contribution in [2.24, 2.45) is 0 Å². The molecule has 126 valence electrons. The third-order valence-corrected chi connectivity index (χ3v) is 4.56. The van der Waals surface area contributed by atoms with Gasteiger partial charge in [0.05, 0.1) is 17.5 Å². The predicted octanol–water partition coefficient (Wildman–Crippen LogP) is 2.72. The van der Waals surface area contributed by atoms with Crippen LogP contribution in [-0.4, -0.2) is 40.8 Å². The number of fused-ring (bicyclic) bond motifs is 1. The maximum Gasteiger partial charge on any atom is 0.257 e. The van der Waals surface area contributed by atoms with E-state index >= 15 is 0 Å². The SMILES string of the molecule is CCN(Cc1cccc2c1OCCO2)C(=O)c1cn[nH]c1C1CC1. The summed E-state index contributed by atoms with van der Waals surface area (Å²) >= 11 is 0. The number of nitrogens with one attached hydrogen (secondary N) is 1. The lowest BCUT2D eigenvalue weighted by Crippen LogP contribution is -2.31. The van der Waals surface area contributed by atoms with Gasteiger partial charge in [-0.2, -0.15) is 5.10 Å². The molecule has 1 aromatic heterocycles. The van der Waals surface area contributed by atoms with Crippen molar-refractivity contribution >= 4 is 5.91 Å². The van der Waals surface area contributed by atoms with E-state index < -0.39 is 0 Å². The Kier molecular flexibility index (Phi) is 3.88. The molecule has 1 saturated carbocycles. The van der Waals surface area contributed by atoms with Crippen LogP contribution in [0.15, 0.2) is 24.4 Å². The second-order valence-corrected chi connectivity index (χ2v) is 6.23. The Balaban J connectivity index is 1.58. The number of carbonyl (C=O) groups is 1. The summed E-state index contributed by atoms with van der Waals surface area (Å²) in [6.45, 7) is 4.21. The van der Waals surface area contributed by atoms with Crippen LogP contribution in [0.5, 0.6) is 11.5 Å². The highest BCUT2D eigenvalue weighted by Gasteiger charge is 2.31. The molecular formula is C18H21N3O3. The lowest BCUT2D eigenvalue weighted by molar-refractivity contribution is 0.0748. The number of H-pyrrole nitrogens is 1. The largest absolute Gasteiger partial charge is 0.486 e. The normalized spacial score (nSPS) is 16.0. The van der Waals surface area contributed by atoms with Gasteiger partial charge in [-0.15, -0.1) is 0 Å². The number of rotatable bonds is 5. The van der Waals surface area contributed by atoms with Crippen molar-refractivity contribution in [2.75, 3.05) is 19.8 Å². The van der Waals surface area contributed by atoms with Crippen LogP contribution in [0.2, 0.25) is 0 Å². The molecule has 1 amide bonds. The topological polar surface area (TPSA) is 67.5 Å². The second kappa shape index (κ2) is 6.19. The van der Waals surface area contributed by atoms with Crippen molar-refractivity contribution in [3.8, 4) is 11.5 Å². The quantitative estimate of drug-likeness (QED) is 0.917. The Morgan fingerprint density at radius 3 is 2.96 bits per heavy atom. The average molecular weight is 327 g/mol. The first kappa shape index (κ1) is 15.1. The first-order valence-corrected chi connectivity index (χ1v) is 8.48. The Morgan fingerprint density at radius 2 is 2.17 bits per heavy atom. The number of hydrogen-bond donors (Lipinski definition) is 1. The zero-order chi connectivity index (χ0) is 16.5. The number of carbonyl (C=O) groups excluding carboxylic acids is 1. The van der Waals surface area contributed by atoms with E-state index in [2.05, 4.69) is 10.2 Å². The highest BCUT2D eigenvalue weighted by Crippen LogP contribution is 2.41. The summed E-state index contributed by atoms with van der Waals surface area (Å²) in [4.78, 5) is 14.8. The lowest BCUT2D eigenvalue weighted by atomic mass is 10.1. The van der Waals surface area contributed by atoms with E-state index in [9.17, 15) is 4.79 Å². The fourth-order valence-corrected chi connectivity index (χ4v) is 3.11. The summed E-state index contributed by atoms with van der Waals surface area (Å²) in [5.41, 5.74) is 2.65. The molecule has 2 heterocycles. The van der Waals surface area contributed by atoms with Crippen LogP contribution in [-0.2, 0) is 6.54 Å². The highest BCUT2D eigenvalue weighted by molar-refractivity contribution is 5.95. The molecule has 0 bridgehead atoms. The third-order valence-electron chi connectivity index (χ3n) is 4.56. The summed E-state index contributed by atoms with van der Waals surface area (Å²) in [6, 6.07) is 5.83. The monoisotopic (exact) mass is 327 g/mol. The minimum absolute atomic E-state index is 0.0162. The van der Waals surface area contributed by atoms with Crippen LogP contribution in [0.25, 0.3) is 0 Å². The molecule has 6 heteroatoms. The van der Waals surface area contributed by atoms with E-state index in [1.54, 1.807) is 6.20 Å². The minimum atomic E-state index is 0.0162. The van der Waals surface area contributed by atoms with Gasteiger partial charge in [-0.1, -0.05) is 12.1 Å². The van der Waals surface area contributed by atoms with Gasteiger partial charge in [0.15, 0.2) is 11.5 Å². The van der Waals surface area contributed by atoms with E-state index in [1.165, 1.54) is 0 Å². The molecule has 0 saturated heterocycles. The number of hydrogen-bond acceptors (Lipinski definition) is 4. The number of aromatic nitrogens is 2. The Morgan fingerprint density at radius 1 is 1.33 bits per heavy atom. The molecular weight excluding hydrogens is 306 g/mol. The zero-order valence-corrected chi connectivity index (χ0v) is 13.7. The molecule has 1 aromatic carbocycles. The van der Waals surface area contributed by atoms with Gasteiger partial charge in [-0.3, -0.25) is 9.89 Å². The summed E-state index contributed by atoms with van der Waals surface area (Å²) in [6.07, 6.45) is 3.91. The summed E-state index contributed by atoms with van der Waals surface area (Å²) in [5.74, 6) is 1.99. The third kappa shape index (κ3) is 2.72. The predicted molar refractivity (Wildman–Crippen MR) is 88.4 cm³/mol. The molecule has 1 aliphatic carbocycles. The molecule has 0 unspecified atom stereocenters. The molecule has 4 rings (SSSR count). The van der Waals surface area contributed by atoms with E-state index in [1.807, 2.05) is 30.0 Å². The van der Waals surface area contributed by atoms with Crippen molar-refractivity contribution < 1.29 is 14.3 Å². The van der Waals surface area contributed by atoms with Crippen molar-refractivity contribution in [3.05, 3.63) is 41.2 Å². The van der Waals surface area contributed by atoms with Crippen molar-refractivity contribution in [3.63, 3.8) is 0 Å². The van der Waals surface area contributed by atoms with Gasteiger partial charge in [0.1, 0.15) is 13.2 Å². The highest BCUT2D eigenvalue weighted by atomic mass is 16.6. The molecule has 0 radical (unpaired) electrons. The number of ether oxygens (including phenoxy) is 2. The summed E-state index contributed by atoms with van der Waals surface area (Å²) in [7, 11) is 0. The van der Waals surface area contributed by atoms with Crippen molar-refractivity contribution in [1.82, 2.24) is 15.1 Å². The Bertz CT molecular complexity index is 752. The van der Waals surface area contributed by atoms with Gasteiger partial charge in [0.25, 0.3) is 5.91 Å². The number of aromatic amines is 1. The van der Waals surface area contributed by atoms with Crippen LogP contribution in [0.3, 0.4) is 0 Å². The van der Waals surface area contributed by atoms with Crippen LogP contribution in [0.1, 0.15) is 47.3 Å². The Hall–Kier alpha value is -2.50. The first-order chi connectivity index (χ1) is 11.8. The van der Waals surface area contributed by atoms with Crippen LogP contribution in [0.4, 0.5) is 0 Å². The number of amides is 1. The van der Waals surface area contributed by atoms with Gasteiger partial charge in [-0.05, 0) is 25.8 Å². The van der Waals surface area contributed by atoms with Crippen molar-refractivity contribution in [2.45, 2.75) is 32.2 Å². The standard InChI is InChI=1S/C18H21N3O3/c1-2-21(18(22)14-10-19-20-16(14)12-6-7-12)11-13-4-3-5-15-17(13)24-9-8-23-15/h3-5,10,12H,2,6-9,11H2,1H3,(H,19,20). The number of benzene rings is 1. The maximum absolute atomic E-state index is 13.0. The molecule has 24 heavy (non-hydrogen) atoms. The molecule has 0 spiro atoms. The second-order valence-electron chi connectivity index (χ2n) is 6.23. The molecule has 1 aliphatic heterocycles. The molecule has 1 fully saturated rings. The lowest BCUT2D eigenvalue weighted by Gasteiger charge is -2.25. The molecule has 2 aromatic rings. The zero-order valence-electron chi connectivity index (χ0n) is 13.7. The number of para-hydroxylation sites is 1. The van der Waals surface area contributed by atoms with Gasteiger partial charge in [0.2, 0.25) is 0 Å². The van der Waals surface area contributed by atoms with E-state index in [0.717, 1.165) is 35.6 Å². The van der Waals surface area contributed by atoms with Crippen molar-refractivity contribution in [1.29, 1.82) is 0 Å². The van der Waals surface area contributed by atoms with Gasteiger partial charge >= 0.3 is 0 Å². The maximum atomic E-state index is 13.0. The fraction of sp³-hybridized carbons (Fsp3) is 0.444. The summed E-state index contributed by atoms with van der Waals surface area (Å²) < 4.78 is 11.4. The fourth-order valence-electron chi connectivity index (χ4n) is 3.11. The summed E-state index contributed by atoms with van der Waals surface area (Å²) in [5, 5.41) is 7.08. The molecule has 0 atom stereocenters. The smallest absolute Gasteiger partial charge is 0.257 e. The average Bonchev–Trinajstić information content (AvgIpc) is 3.35. The van der Waals surface area contributed by atoms with E-state index in [-0.39, 0.29) is 5.91 Å². The van der Waals surface area contributed by atoms with E-state index in [4.69, 9.17) is 9.47 Å². The van der Waals surface area contributed by atoms with E-state index in [0.29, 0.717) is 37.8 Å².